The first-order chi connectivity index (χ1) is 7.46. The van der Waals surface area contributed by atoms with Crippen molar-refractivity contribution in [3.63, 3.8) is 0 Å². The molecule has 1 aliphatic rings. The van der Waals surface area contributed by atoms with Gasteiger partial charge in [0.05, 0.1) is 6.42 Å². The Bertz CT molecular complexity index is 447. The van der Waals surface area contributed by atoms with Gasteiger partial charge in [-0.25, -0.2) is 0 Å². The first-order valence-corrected chi connectivity index (χ1v) is 5.20. The second-order valence-electron chi connectivity index (χ2n) is 4.48. The number of carbonyl (C=O) groups is 1. The minimum Gasteiger partial charge on any atom is -0.504 e. The lowest BCUT2D eigenvalue weighted by Gasteiger charge is -2.16. The van der Waals surface area contributed by atoms with Crippen molar-refractivity contribution in [2.24, 2.45) is 0 Å². The van der Waals surface area contributed by atoms with Crippen LogP contribution in [0.3, 0.4) is 0 Å². The van der Waals surface area contributed by atoms with Gasteiger partial charge in [0.2, 0.25) is 0 Å². The van der Waals surface area contributed by atoms with Crippen LogP contribution in [0.15, 0.2) is 12.1 Å². The van der Waals surface area contributed by atoms with Gasteiger partial charge in [0.1, 0.15) is 0 Å². The molecule has 0 bridgehead atoms. The number of benzene rings is 1. The second-order valence-corrected chi connectivity index (χ2v) is 4.48. The van der Waals surface area contributed by atoms with Crippen LogP contribution in [0, 0.1) is 6.92 Å². The van der Waals surface area contributed by atoms with Crippen LogP contribution in [-0.2, 0) is 10.2 Å². The molecule has 1 aromatic rings. The molecule has 2 rings (SSSR count). The van der Waals surface area contributed by atoms with Crippen LogP contribution in [0.2, 0.25) is 0 Å². The number of hydrogen-bond donors (Lipinski definition) is 3. The zero-order chi connectivity index (χ0) is 11.9. The Hall–Kier alpha value is -1.71. The number of carboxylic acids is 1. The molecule has 1 saturated carbocycles. The zero-order valence-corrected chi connectivity index (χ0v) is 9.03. The van der Waals surface area contributed by atoms with Gasteiger partial charge < -0.3 is 15.3 Å². The number of phenolic OH excluding ortho intramolecular Hbond substituents is 2. The van der Waals surface area contributed by atoms with Crippen molar-refractivity contribution in [3.05, 3.63) is 23.3 Å². The maximum atomic E-state index is 10.7. The van der Waals surface area contributed by atoms with Gasteiger partial charge in [0, 0.05) is 11.0 Å². The number of aromatic hydroxyl groups is 2. The highest BCUT2D eigenvalue weighted by Crippen LogP contribution is 2.55. The number of phenols is 2. The lowest BCUT2D eigenvalue weighted by Crippen LogP contribution is -2.13. The average molecular weight is 222 g/mol. The van der Waals surface area contributed by atoms with Gasteiger partial charge >= 0.3 is 5.97 Å². The van der Waals surface area contributed by atoms with Crippen LogP contribution >= 0.6 is 0 Å². The fourth-order valence-electron chi connectivity index (χ4n) is 2.09. The number of rotatable bonds is 3. The highest BCUT2D eigenvalue weighted by Gasteiger charge is 2.48. The van der Waals surface area contributed by atoms with E-state index in [1.54, 1.807) is 19.1 Å². The lowest BCUT2D eigenvalue weighted by molar-refractivity contribution is -0.137. The molecule has 0 radical (unpaired) electrons. The molecule has 4 nitrogen and oxygen atoms in total. The fourth-order valence-corrected chi connectivity index (χ4v) is 2.09. The average Bonchev–Trinajstić information content (AvgIpc) is 2.94. The molecule has 16 heavy (non-hydrogen) atoms. The third-order valence-electron chi connectivity index (χ3n) is 3.27. The van der Waals surface area contributed by atoms with Crippen molar-refractivity contribution in [2.45, 2.75) is 31.6 Å². The van der Waals surface area contributed by atoms with E-state index >= 15 is 0 Å². The second kappa shape index (κ2) is 3.40. The Kier molecular flexibility index (Phi) is 2.30. The molecule has 0 spiro atoms. The molecular formula is C12H14O4. The van der Waals surface area contributed by atoms with Crippen LogP contribution < -0.4 is 0 Å². The van der Waals surface area contributed by atoms with Crippen molar-refractivity contribution in [2.75, 3.05) is 0 Å². The maximum Gasteiger partial charge on any atom is 0.304 e. The van der Waals surface area contributed by atoms with Crippen LogP contribution in [0.1, 0.15) is 30.4 Å². The molecule has 0 heterocycles. The fraction of sp³-hybridized carbons (Fsp3) is 0.417. The first kappa shape index (κ1) is 10.8. The summed E-state index contributed by atoms with van der Waals surface area (Å²) in [5.41, 5.74) is 0.673. The Morgan fingerprint density at radius 3 is 2.44 bits per heavy atom. The van der Waals surface area contributed by atoms with E-state index in [9.17, 15) is 15.0 Å². The van der Waals surface area contributed by atoms with Crippen molar-refractivity contribution >= 4 is 5.97 Å². The summed E-state index contributed by atoms with van der Waals surface area (Å²) in [6.07, 6.45) is 1.49. The van der Waals surface area contributed by atoms with E-state index in [1.807, 2.05) is 0 Å². The first-order valence-electron chi connectivity index (χ1n) is 5.20. The van der Waals surface area contributed by atoms with Crippen molar-refractivity contribution < 1.29 is 20.1 Å². The van der Waals surface area contributed by atoms with Crippen molar-refractivity contribution in [3.8, 4) is 11.5 Å². The molecule has 0 amide bonds. The normalized spacial score (nSPS) is 17.1. The zero-order valence-electron chi connectivity index (χ0n) is 9.03. The predicted octanol–water partition coefficient (Wildman–Crippen LogP) is 1.91. The number of aliphatic carboxylic acids is 1. The van der Waals surface area contributed by atoms with E-state index in [-0.39, 0.29) is 17.9 Å². The molecular weight excluding hydrogens is 208 g/mol. The number of carboxylic acid groups (broad SMARTS) is 1. The topological polar surface area (TPSA) is 77.8 Å². The molecule has 0 aromatic heterocycles. The highest BCUT2D eigenvalue weighted by atomic mass is 16.4. The van der Waals surface area contributed by atoms with Crippen molar-refractivity contribution in [1.29, 1.82) is 0 Å². The summed E-state index contributed by atoms with van der Waals surface area (Å²) in [5, 5.41) is 28.3. The summed E-state index contributed by atoms with van der Waals surface area (Å²) in [7, 11) is 0. The van der Waals surface area contributed by atoms with Gasteiger partial charge in [0.25, 0.3) is 0 Å². The SMILES string of the molecule is Cc1ccc(C2(CC(=O)O)CC2)c(O)c1O. The molecule has 3 N–H and O–H groups in total. The molecule has 1 fully saturated rings. The summed E-state index contributed by atoms with van der Waals surface area (Å²) in [6, 6.07) is 3.41. The van der Waals surface area contributed by atoms with Gasteiger partial charge in [-0.3, -0.25) is 4.79 Å². The maximum absolute atomic E-state index is 10.7. The van der Waals surface area contributed by atoms with E-state index < -0.39 is 11.4 Å². The van der Waals surface area contributed by atoms with Crippen LogP contribution in [0.25, 0.3) is 0 Å². The summed E-state index contributed by atoms with van der Waals surface area (Å²) >= 11 is 0. The van der Waals surface area contributed by atoms with E-state index in [0.717, 1.165) is 12.8 Å². The largest absolute Gasteiger partial charge is 0.504 e. The van der Waals surface area contributed by atoms with Crippen LogP contribution in [0.5, 0.6) is 11.5 Å². The molecule has 1 aromatic carbocycles. The van der Waals surface area contributed by atoms with Gasteiger partial charge in [-0.05, 0) is 25.3 Å². The highest BCUT2D eigenvalue weighted by molar-refractivity contribution is 5.71. The van der Waals surface area contributed by atoms with Gasteiger partial charge in [-0.2, -0.15) is 0 Å². The predicted molar refractivity (Wildman–Crippen MR) is 57.7 cm³/mol. The molecule has 86 valence electrons. The molecule has 0 unspecified atom stereocenters. The molecule has 0 atom stereocenters. The Morgan fingerprint density at radius 1 is 1.31 bits per heavy atom. The van der Waals surface area contributed by atoms with E-state index in [2.05, 4.69) is 0 Å². The van der Waals surface area contributed by atoms with Gasteiger partial charge in [0.15, 0.2) is 11.5 Å². The summed E-state index contributed by atoms with van der Waals surface area (Å²) in [4.78, 5) is 10.7. The standard InChI is InChI=1S/C12H14O4/c1-7-2-3-8(11(16)10(7)15)12(4-5-12)6-9(13)14/h2-3,15-16H,4-6H2,1H3,(H,13,14). The molecule has 0 saturated heterocycles. The lowest BCUT2D eigenvalue weighted by atomic mass is 9.90. The van der Waals surface area contributed by atoms with Crippen LogP contribution in [-0.4, -0.2) is 21.3 Å². The Morgan fingerprint density at radius 2 is 1.94 bits per heavy atom. The van der Waals surface area contributed by atoms with Crippen LogP contribution in [0.4, 0.5) is 0 Å². The minimum absolute atomic E-state index is 0.00304. The Labute approximate surface area is 93.2 Å². The monoisotopic (exact) mass is 222 g/mol. The number of aryl methyl sites for hydroxylation is 1. The summed E-state index contributed by atoms with van der Waals surface area (Å²) in [5.74, 6) is -1.19. The third kappa shape index (κ3) is 1.60. The number of hydrogen-bond acceptors (Lipinski definition) is 3. The molecule has 0 aliphatic heterocycles. The van der Waals surface area contributed by atoms with Gasteiger partial charge in [-0.1, -0.05) is 12.1 Å². The van der Waals surface area contributed by atoms with E-state index in [1.165, 1.54) is 0 Å². The minimum atomic E-state index is -0.878. The third-order valence-corrected chi connectivity index (χ3v) is 3.27. The smallest absolute Gasteiger partial charge is 0.304 e. The Balaban J connectivity index is 2.42. The van der Waals surface area contributed by atoms with Gasteiger partial charge in [-0.15, -0.1) is 0 Å². The molecule has 4 heteroatoms. The van der Waals surface area contributed by atoms with E-state index in [4.69, 9.17) is 5.11 Å². The summed E-state index contributed by atoms with van der Waals surface area (Å²) in [6.45, 7) is 1.69. The quantitative estimate of drug-likeness (QED) is 0.683. The van der Waals surface area contributed by atoms with E-state index in [0.29, 0.717) is 11.1 Å². The molecule has 1 aliphatic carbocycles. The van der Waals surface area contributed by atoms with Crippen molar-refractivity contribution in [1.82, 2.24) is 0 Å². The summed E-state index contributed by atoms with van der Waals surface area (Å²) < 4.78 is 0.